The second-order valence-electron chi connectivity index (χ2n) is 3.76. The Hall–Kier alpha value is -1.61. The minimum Gasteiger partial charge on any atom is -0.378 e. The van der Waals surface area contributed by atoms with Crippen molar-refractivity contribution >= 4 is 17.3 Å². The molecular formula is C13H12ClFN2. The highest BCUT2D eigenvalue weighted by molar-refractivity contribution is 6.31. The molecule has 17 heavy (non-hydrogen) atoms. The third-order valence-electron chi connectivity index (χ3n) is 2.41. The van der Waals surface area contributed by atoms with Crippen molar-refractivity contribution in [2.75, 3.05) is 5.32 Å². The van der Waals surface area contributed by atoms with E-state index in [9.17, 15) is 4.39 Å². The van der Waals surface area contributed by atoms with Gasteiger partial charge in [0.25, 0.3) is 0 Å². The van der Waals surface area contributed by atoms with Gasteiger partial charge in [0.05, 0.1) is 10.7 Å². The fourth-order valence-corrected chi connectivity index (χ4v) is 1.62. The summed E-state index contributed by atoms with van der Waals surface area (Å²) in [6.07, 6.45) is 1.77. The van der Waals surface area contributed by atoms with Gasteiger partial charge in [-0.05, 0) is 30.7 Å². The van der Waals surface area contributed by atoms with E-state index in [0.29, 0.717) is 12.2 Å². The zero-order valence-electron chi connectivity index (χ0n) is 9.37. The monoisotopic (exact) mass is 250 g/mol. The molecule has 0 saturated carbocycles. The first-order valence-corrected chi connectivity index (χ1v) is 5.64. The molecule has 88 valence electrons. The van der Waals surface area contributed by atoms with Crippen LogP contribution in [0.2, 0.25) is 5.02 Å². The highest BCUT2D eigenvalue weighted by Gasteiger charge is 2.05. The van der Waals surface area contributed by atoms with E-state index in [1.54, 1.807) is 18.3 Å². The second-order valence-corrected chi connectivity index (χ2v) is 4.17. The molecule has 1 N–H and O–H groups in total. The Labute approximate surface area is 104 Å². The number of benzene rings is 1. The maximum atomic E-state index is 13.6. The highest BCUT2D eigenvalue weighted by atomic mass is 35.5. The van der Waals surface area contributed by atoms with Crippen molar-refractivity contribution < 1.29 is 4.39 Å². The normalized spacial score (nSPS) is 10.3. The molecule has 0 radical (unpaired) electrons. The first-order valence-electron chi connectivity index (χ1n) is 5.26. The maximum absolute atomic E-state index is 13.6. The number of anilines is 1. The first-order chi connectivity index (χ1) is 8.16. The van der Waals surface area contributed by atoms with Gasteiger partial charge in [-0.3, -0.25) is 4.98 Å². The smallest absolute Gasteiger partial charge is 0.164 e. The number of aromatic nitrogens is 1. The Balaban J connectivity index is 2.07. The van der Waals surface area contributed by atoms with Crippen LogP contribution in [0.4, 0.5) is 10.1 Å². The average molecular weight is 251 g/mol. The summed E-state index contributed by atoms with van der Waals surface area (Å²) >= 11 is 5.69. The summed E-state index contributed by atoms with van der Waals surface area (Å²) < 4.78 is 13.6. The van der Waals surface area contributed by atoms with Crippen LogP contribution in [0.5, 0.6) is 0 Å². The van der Waals surface area contributed by atoms with Crippen molar-refractivity contribution in [1.29, 1.82) is 0 Å². The summed E-state index contributed by atoms with van der Waals surface area (Å²) in [5, 5.41) is 3.11. The summed E-state index contributed by atoms with van der Waals surface area (Å²) in [6.45, 7) is 2.44. The van der Waals surface area contributed by atoms with Gasteiger partial charge in [0.2, 0.25) is 0 Å². The van der Waals surface area contributed by atoms with Gasteiger partial charge in [0.1, 0.15) is 0 Å². The molecule has 0 amide bonds. The molecule has 0 saturated heterocycles. The van der Waals surface area contributed by atoms with Gasteiger partial charge in [-0.2, -0.15) is 0 Å². The van der Waals surface area contributed by atoms with Crippen LogP contribution in [-0.2, 0) is 6.54 Å². The van der Waals surface area contributed by atoms with Crippen molar-refractivity contribution in [3.63, 3.8) is 0 Å². The molecule has 0 aliphatic heterocycles. The lowest BCUT2D eigenvalue weighted by molar-refractivity contribution is 0.630. The van der Waals surface area contributed by atoms with E-state index in [-0.39, 0.29) is 5.02 Å². The average Bonchev–Trinajstić information content (AvgIpc) is 2.33. The van der Waals surface area contributed by atoms with Crippen LogP contribution in [0, 0.1) is 12.7 Å². The molecule has 0 atom stereocenters. The van der Waals surface area contributed by atoms with Crippen molar-refractivity contribution in [3.8, 4) is 0 Å². The third-order valence-corrected chi connectivity index (χ3v) is 2.70. The molecule has 0 spiro atoms. The lowest BCUT2D eigenvalue weighted by Gasteiger charge is -2.08. The van der Waals surface area contributed by atoms with Gasteiger partial charge in [0, 0.05) is 18.4 Å². The second kappa shape index (κ2) is 5.15. The largest absolute Gasteiger partial charge is 0.378 e. The van der Waals surface area contributed by atoms with E-state index in [1.807, 2.05) is 19.1 Å². The Morgan fingerprint density at radius 3 is 2.82 bits per heavy atom. The molecule has 0 bridgehead atoms. The molecule has 2 rings (SSSR count). The molecule has 1 heterocycles. The van der Waals surface area contributed by atoms with Crippen LogP contribution >= 0.6 is 11.6 Å². The number of aryl methyl sites for hydroxylation is 1. The van der Waals surface area contributed by atoms with Gasteiger partial charge in [-0.25, -0.2) is 4.39 Å². The number of nitrogens with one attached hydrogen (secondary N) is 1. The minimum atomic E-state index is -0.422. The van der Waals surface area contributed by atoms with Crippen molar-refractivity contribution in [1.82, 2.24) is 4.98 Å². The summed E-state index contributed by atoms with van der Waals surface area (Å²) in [7, 11) is 0. The standard InChI is InChI=1S/C13H12ClFN2/c1-9-5-6-10(7-16-9)8-17-12-4-2-3-11(14)13(12)15/h2-7,17H,8H2,1H3. The number of rotatable bonds is 3. The molecule has 0 aliphatic carbocycles. The fourth-order valence-electron chi connectivity index (χ4n) is 1.44. The maximum Gasteiger partial charge on any atom is 0.164 e. The SMILES string of the molecule is Cc1ccc(CNc2cccc(Cl)c2F)cn1. The van der Waals surface area contributed by atoms with Gasteiger partial charge in [0.15, 0.2) is 5.82 Å². The Kier molecular flexibility index (Phi) is 3.59. The van der Waals surface area contributed by atoms with E-state index < -0.39 is 5.82 Å². The fraction of sp³-hybridized carbons (Fsp3) is 0.154. The van der Waals surface area contributed by atoms with Crippen LogP contribution in [-0.4, -0.2) is 4.98 Å². The molecule has 1 aromatic heterocycles. The number of hydrogen-bond donors (Lipinski definition) is 1. The number of nitrogens with zero attached hydrogens (tertiary/aromatic N) is 1. The molecule has 0 unspecified atom stereocenters. The first kappa shape index (κ1) is 11.9. The number of halogens is 2. The van der Waals surface area contributed by atoms with Crippen LogP contribution in [0.1, 0.15) is 11.3 Å². The number of hydrogen-bond acceptors (Lipinski definition) is 2. The summed E-state index contributed by atoms with van der Waals surface area (Å²) in [6, 6.07) is 8.77. The molecule has 1 aromatic carbocycles. The van der Waals surface area contributed by atoms with Crippen molar-refractivity contribution in [2.45, 2.75) is 13.5 Å². The predicted molar refractivity (Wildman–Crippen MR) is 67.7 cm³/mol. The molecule has 4 heteroatoms. The van der Waals surface area contributed by atoms with Gasteiger partial charge < -0.3 is 5.32 Å². The quantitative estimate of drug-likeness (QED) is 0.896. The van der Waals surface area contributed by atoms with Crippen molar-refractivity contribution in [3.05, 3.63) is 58.6 Å². The summed E-state index contributed by atoms with van der Waals surface area (Å²) in [5.41, 5.74) is 2.36. The molecule has 0 fully saturated rings. The molecule has 2 nitrogen and oxygen atoms in total. The lowest BCUT2D eigenvalue weighted by atomic mass is 10.2. The zero-order chi connectivity index (χ0) is 12.3. The summed E-state index contributed by atoms with van der Waals surface area (Å²) in [4.78, 5) is 4.17. The number of pyridine rings is 1. The zero-order valence-corrected chi connectivity index (χ0v) is 10.1. The lowest BCUT2D eigenvalue weighted by Crippen LogP contribution is -2.02. The Morgan fingerprint density at radius 1 is 1.29 bits per heavy atom. The Morgan fingerprint density at radius 2 is 2.12 bits per heavy atom. The topological polar surface area (TPSA) is 24.9 Å². The highest BCUT2D eigenvalue weighted by Crippen LogP contribution is 2.22. The Bertz CT molecular complexity index is 511. The minimum absolute atomic E-state index is 0.122. The van der Waals surface area contributed by atoms with Crippen LogP contribution < -0.4 is 5.32 Å². The van der Waals surface area contributed by atoms with Crippen LogP contribution in [0.3, 0.4) is 0 Å². The van der Waals surface area contributed by atoms with Gasteiger partial charge in [-0.15, -0.1) is 0 Å². The molecular weight excluding hydrogens is 239 g/mol. The van der Waals surface area contributed by atoms with E-state index in [1.165, 1.54) is 6.07 Å². The van der Waals surface area contributed by atoms with E-state index in [4.69, 9.17) is 11.6 Å². The van der Waals surface area contributed by atoms with Gasteiger partial charge in [-0.1, -0.05) is 23.7 Å². The predicted octanol–water partition coefficient (Wildman–Crippen LogP) is 3.79. The van der Waals surface area contributed by atoms with E-state index in [2.05, 4.69) is 10.3 Å². The third kappa shape index (κ3) is 2.94. The molecule has 2 aromatic rings. The van der Waals surface area contributed by atoms with Gasteiger partial charge >= 0.3 is 0 Å². The van der Waals surface area contributed by atoms with Crippen LogP contribution in [0.15, 0.2) is 36.5 Å². The van der Waals surface area contributed by atoms with Crippen LogP contribution in [0.25, 0.3) is 0 Å². The van der Waals surface area contributed by atoms with E-state index in [0.717, 1.165) is 11.3 Å². The van der Waals surface area contributed by atoms with E-state index >= 15 is 0 Å². The molecule has 0 aliphatic rings. The van der Waals surface area contributed by atoms with Crippen molar-refractivity contribution in [2.24, 2.45) is 0 Å². The summed E-state index contributed by atoms with van der Waals surface area (Å²) in [5.74, 6) is -0.422.